The van der Waals surface area contributed by atoms with Crippen molar-refractivity contribution >= 4 is 38.6 Å². The maximum absolute atomic E-state index is 13.8. The van der Waals surface area contributed by atoms with Crippen LogP contribution in [0.1, 0.15) is 10.4 Å². The summed E-state index contributed by atoms with van der Waals surface area (Å²) in [5.74, 6) is 0.922. The SMILES string of the molecule is COc1ccc(S(=O)(=O)N2CCOCC2)cc1C(=O)N1CCN(C)c2nc3ccccc3nc21. The number of nitrogens with zero attached hydrogens (tertiary/aromatic N) is 5. The Balaban J connectivity index is 1.57. The lowest BCUT2D eigenvalue weighted by Gasteiger charge is -2.34. The Hall–Kier alpha value is -3.28. The number of morpholine rings is 1. The molecule has 5 rings (SSSR count). The average molecular weight is 484 g/mol. The van der Waals surface area contributed by atoms with Crippen molar-refractivity contribution in [2.75, 3.05) is 63.4 Å². The summed E-state index contributed by atoms with van der Waals surface area (Å²) in [6.45, 7) is 2.15. The molecule has 3 heterocycles. The van der Waals surface area contributed by atoms with Crippen LogP contribution in [0.15, 0.2) is 47.4 Å². The summed E-state index contributed by atoms with van der Waals surface area (Å²) in [6.07, 6.45) is 0. The van der Waals surface area contributed by atoms with Gasteiger partial charge in [-0.25, -0.2) is 18.4 Å². The molecule has 1 amide bonds. The maximum Gasteiger partial charge on any atom is 0.263 e. The van der Waals surface area contributed by atoms with Gasteiger partial charge in [0.1, 0.15) is 5.75 Å². The standard InChI is InChI=1S/C23H25N5O5S/c1-26-9-10-28(22-21(26)24-18-5-3-4-6-19(18)25-22)23(29)17-15-16(7-8-20(17)32-2)34(30,31)27-11-13-33-14-12-27/h3-8,15H,9-14H2,1-2H3. The number of anilines is 2. The number of benzene rings is 2. The average Bonchev–Trinajstić information content (AvgIpc) is 2.88. The molecule has 1 fully saturated rings. The number of likely N-dealkylation sites (N-methyl/N-ethyl adjacent to an activating group) is 1. The second kappa shape index (κ2) is 8.82. The topological polar surface area (TPSA) is 105 Å². The summed E-state index contributed by atoms with van der Waals surface area (Å²) in [7, 11) is -0.426. The highest BCUT2D eigenvalue weighted by molar-refractivity contribution is 7.89. The second-order valence-corrected chi connectivity index (χ2v) is 10.1. The molecule has 0 aliphatic carbocycles. The van der Waals surface area contributed by atoms with E-state index in [-0.39, 0.29) is 23.5 Å². The first kappa shape index (κ1) is 22.5. The van der Waals surface area contributed by atoms with E-state index in [4.69, 9.17) is 19.4 Å². The normalized spacial score (nSPS) is 17.0. The van der Waals surface area contributed by atoms with Gasteiger partial charge in [-0.05, 0) is 30.3 Å². The van der Waals surface area contributed by atoms with E-state index in [9.17, 15) is 13.2 Å². The molecule has 0 atom stereocenters. The summed E-state index contributed by atoms with van der Waals surface area (Å²) in [5.41, 5.74) is 1.56. The van der Waals surface area contributed by atoms with Gasteiger partial charge in [0.25, 0.3) is 5.91 Å². The molecule has 3 aromatic rings. The lowest BCUT2D eigenvalue weighted by Crippen LogP contribution is -2.44. The Morgan fingerprint density at radius 1 is 0.971 bits per heavy atom. The Morgan fingerprint density at radius 2 is 1.65 bits per heavy atom. The third-order valence-corrected chi connectivity index (χ3v) is 7.96. The first-order valence-corrected chi connectivity index (χ1v) is 12.4. The smallest absolute Gasteiger partial charge is 0.263 e. The molecule has 0 spiro atoms. The van der Waals surface area contributed by atoms with Crippen LogP contribution in [0.3, 0.4) is 0 Å². The van der Waals surface area contributed by atoms with E-state index in [0.29, 0.717) is 49.2 Å². The molecule has 178 valence electrons. The minimum Gasteiger partial charge on any atom is -0.496 e. The van der Waals surface area contributed by atoms with Gasteiger partial charge in [0.15, 0.2) is 11.6 Å². The zero-order valence-corrected chi connectivity index (χ0v) is 19.8. The van der Waals surface area contributed by atoms with Gasteiger partial charge in [0.2, 0.25) is 10.0 Å². The van der Waals surface area contributed by atoms with Crippen LogP contribution in [0.25, 0.3) is 11.0 Å². The van der Waals surface area contributed by atoms with E-state index >= 15 is 0 Å². The molecule has 1 aromatic heterocycles. The molecular formula is C23H25N5O5S. The van der Waals surface area contributed by atoms with Crippen LogP contribution in [0.2, 0.25) is 0 Å². The maximum atomic E-state index is 13.8. The van der Waals surface area contributed by atoms with E-state index in [1.807, 2.05) is 36.2 Å². The van der Waals surface area contributed by atoms with Crippen molar-refractivity contribution in [3.05, 3.63) is 48.0 Å². The van der Waals surface area contributed by atoms with Crippen LogP contribution < -0.4 is 14.5 Å². The van der Waals surface area contributed by atoms with Gasteiger partial charge in [-0.15, -0.1) is 0 Å². The number of sulfonamides is 1. The van der Waals surface area contributed by atoms with Crippen LogP contribution in [0, 0.1) is 0 Å². The number of hydrogen-bond acceptors (Lipinski definition) is 8. The second-order valence-electron chi connectivity index (χ2n) is 8.12. The monoisotopic (exact) mass is 483 g/mol. The Morgan fingerprint density at radius 3 is 2.32 bits per heavy atom. The molecular weight excluding hydrogens is 458 g/mol. The molecule has 0 bridgehead atoms. The fourth-order valence-electron chi connectivity index (χ4n) is 4.17. The number of ether oxygens (including phenoxy) is 2. The first-order valence-electron chi connectivity index (χ1n) is 11.0. The van der Waals surface area contributed by atoms with Crippen LogP contribution in [0.4, 0.5) is 11.6 Å². The lowest BCUT2D eigenvalue weighted by atomic mass is 10.1. The highest BCUT2D eigenvalue weighted by Gasteiger charge is 2.33. The molecule has 0 N–H and O–H groups in total. The molecule has 11 heteroatoms. The van der Waals surface area contributed by atoms with E-state index < -0.39 is 15.9 Å². The number of aromatic nitrogens is 2. The van der Waals surface area contributed by atoms with Gasteiger partial charge in [0.05, 0.1) is 41.8 Å². The predicted molar refractivity (Wildman–Crippen MR) is 127 cm³/mol. The summed E-state index contributed by atoms with van der Waals surface area (Å²) in [4.78, 5) is 26.7. The number of hydrogen-bond donors (Lipinski definition) is 0. The van der Waals surface area contributed by atoms with E-state index in [2.05, 4.69) is 0 Å². The van der Waals surface area contributed by atoms with Crippen molar-refractivity contribution in [2.45, 2.75) is 4.90 Å². The van der Waals surface area contributed by atoms with Crippen molar-refractivity contribution in [1.29, 1.82) is 0 Å². The highest BCUT2D eigenvalue weighted by atomic mass is 32.2. The first-order chi connectivity index (χ1) is 16.4. The van der Waals surface area contributed by atoms with E-state index in [0.717, 1.165) is 5.52 Å². The minimum atomic E-state index is -3.78. The van der Waals surface area contributed by atoms with Crippen LogP contribution in [-0.2, 0) is 14.8 Å². The third kappa shape index (κ3) is 3.85. The number of rotatable bonds is 4. The highest BCUT2D eigenvalue weighted by Crippen LogP contribution is 2.34. The molecule has 2 aliphatic rings. The Bertz CT molecular complexity index is 1360. The number of amides is 1. The lowest BCUT2D eigenvalue weighted by molar-refractivity contribution is 0.0730. The van der Waals surface area contributed by atoms with Crippen molar-refractivity contribution in [1.82, 2.24) is 14.3 Å². The zero-order valence-electron chi connectivity index (χ0n) is 19.0. The van der Waals surface area contributed by atoms with Crippen molar-refractivity contribution in [3.63, 3.8) is 0 Å². The molecule has 2 aromatic carbocycles. The predicted octanol–water partition coefficient (Wildman–Crippen LogP) is 1.76. The summed E-state index contributed by atoms with van der Waals surface area (Å²) >= 11 is 0. The summed E-state index contributed by atoms with van der Waals surface area (Å²) in [6, 6.07) is 11.8. The van der Waals surface area contributed by atoms with Crippen LogP contribution in [-0.4, -0.2) is 82.1 Å². The fourth-order valence-corrected chi connectivity index (χ4v) is 5.61. The van der Waals surface area contributed by atoms with Crippen LogP contribution in [0.5, 0.6) is 5.75 Å². The van der Waals surface area contributed by atoms with Gasteiger partial charge < -0.3 is 14.4 Å². The molecule has 10 nitrogen and oxygen atoms in total. The molecule has 2 aliphatic heterocycles. The van der Waals surface area contributed by atoms with Gasteiger partial charge in [-0.3, -0.25) is 9.69 Å². The summed E-state index contributed by atoms with van der Waals surface area (Å²) < 4.78 is 38.5. The van der Waals surface area contributed by atoms with Gasteiger partial charge in [0, 0.05) is 33.2 Å². The number of carbonyl (C=O) groups excluding carboxylic acids is 1. The van der Waals surface area contributed by atoms with Crippen molar-refractivity contribution < 1.29 is 22.7 Å². The largest absolute Gasteiger partial charge is 0.496 e. The fraction of sp³-hybridized carbons (Fsp3) is 0.348. The third-order valence-electron chi connectivity index (χ3n) is 6.07. The van der Waals surface area contributed by atoms with Gasteiger partial charge >= 0.3 is 0 Å². The number of carbonyl (C=O) groups is 1. The van der Waals surface area contributed by atoms with Gasteiger partial charge in [-0.1, -0.05) is 12.1 Å². The molecule has 1 saturated heterocycles. The minimum absolute atomic E-state index is 0.0393. The van der Waals surface area contributed by atoms with Crippen molar-refractivity contribution in [2.24, 2.45) is 0 Å². The number of fused-ring (bicyclic) bond motifs is 2. The van der Waals surface area contributed by atoms with Crippen LogP contribution >= 0.6 is 0 Å². The number of methoxy groups -OCH3 is 1. The number of para-hydroxylation sites is 2. The Labute approximate surface area is 197 Å². The van der Waals surface area contributed by atoms with E-state index in [1.165, 1.54) is 34.5 Å². The molecule has 34 heavy (non-hydrogen) atoms. The Kier molecular flexibility index (Phi) is 5.84. The molecule has 0 saturated carbocycles. The molecule has 0 unspecified atom stereocenters. The zero-order chi connectivity index (χ0) is 23.9. The van der Waals surface area contributed by atoms with Crippen molar-refractivity contribution in [3.8, 4) is 5.75 Å². The van der Waals surface area contributed by atoms with E-state index in [1.54, 1.807) is 0 Å². The summed E-state index contributed by atoms with van der Waals surface area (Å²) in [5, 5.41) is 0. The van der Waals surface area contributed by atoms with Gasteiger partial charge in [-0.2, -0.15) is 4.31 Å². The quantitative estimate of drug-likeness (QED) is 0.553. The molecule has 0 radical (unpaired) electrons.